The number of rotatable bonds is 2. The average Bonchev–Trinajstić information content (AvgIpc) is 2.32. The zero-order valence-electron chi connectivity index (χ0n) is 5.77. The van der Waals surface area contributed by atoms with Crippen molar-refractivity contribution in [3.63, 3.8) is 0 Å². The summed E-state index contributed by atoms with van der Waals surface area (Å²) in [5.41, 5.74) is 0. The highest BCUT2D eigenvalue weighted by molar-refractivity contribution is 5.73. The first-order chi connectivity index (χ1) is 5.13. The zero-order chi connectivity index (χ0) is 8.43. The molecule has 0 aromatic carbocycles. The molecule has 1 aliphatic heterocycles. The Kier molecular flexibility index (Phi) is 1.93. The van der Waals surface area contributed by atoms with E-state index in [-0.39, 0.29) is 6.54 Å². The average molecular weight is 160 g/mol. The van der Waals surface area contributed by atoms with Gasteiger partial charge in [-0.2, -0.15) is 0 Å². The van der Waals surface area contributed by atoms with E-state index in [1.807, 2.05) is 0 Å². The SMILES string of the molecule is O=C(O)[C@@H]1CCCN1[N+](=O)[O-]. The van der Waals surface area contributed by atoms with Crippen LogP contribution in [0.4, 0.5) is 0 Å². The number of carbonyl (C=O) groups is 1. The van der Waals surface area contributed by atoms with Crippen LogP contribution >= 0.6 is 0 Å². The van der Waals surface area contributed by atoms with E-state index in [0.717, 1.165) is 5.01 Å². The minimum atomic E-state index is -1.11. The van der Waals surface area contributed by atoms with Crippen LogP contribution in [0.15, 0.2) is 0 Å². The Morgan fingerprint density at radius 2 is 2.36 bits per heavy atom. The van der Waals surface area contributed by atoms with Crippen LogP contribution in [0.2, 0.25) is 0 Å². The Bertz CT molecular complexity index is 173. The number of nitro groups is 1. The standard InChI is InChI=1S/C5H8N2O4/c8-5(9)4-2-1-3-6(4)7(10)11/h4H,1-3H2,(H,8,9)/t4-/m0/s1. The molecule has 1 rings (SSSR count). The molecule has 0 aromatic rings. The molecule has 0 radical (unpaired) electrons. The monoisotopic (exact) mass is 160 g/mol. The Morgan fingerprint density at radius 1 is 1.73 bits per heavy atom. The molecule has 1 fully saturated rings. The zero-order valence-corrected chi connectivity index (χ0v) is 5.77. The molecule has 1 saturated heterocycles. The van der Waals surface area contributed by atoms with E-state index in [9.17, 15) is 14.9 Å². The number of hydrogen-bond acceptors (Lipinski definition) is 3. The fraction of sp³-hybridized carbons (Fsp3) is 0.800. The van der Waals surface area contributed by atoms with Gasteiger partial charge in [0, 0.05) is 0 Å². The first-order valence-electron chi connectivity index (χ1n) is 3.26. The number of hydrogen-bond donors (Lipinski definition) is 1. The van der Waals surface area contributed by atoms with E-state index in [1.54, 1.807) is 0 Å². The molecule has 0 unspecified atom stereocenters. The van der Waals surface area contributed by atoms with Crippen molar-refractivity contribution in [1.29, 1.82) is 0 Å². The summed E-state index contributed by atoms with van der Waals surface area (Å²) in [7, 11) is 0. The third-order valence-corrected chi connectivity index (χ3v) is 1.72. The quantitative estimate of drug-likeness (QED) is 0.444. The van der Waals surface area contributed by atoms with Gasteiger partial charge >= 0.3 is 5.97 Å². The summed E-state index contributed by atoms with van der Waals surface area (Å²) < 4.78 is 0. The fourth-order valence-electron chi connectivity index (χ4n) is 1.20. The van der Waals surface area contributed by atoms with E-state index in [4.69, 9.17) is 5.11 Å². The molecule has 11 heavy (non-hydrogen) atoms. The van der Waals surface area contributed by atoms with Gasteiger partial charge in [-0.15, -0.1) is 5.01 Å². The van der Waals surface area contributed by atoms with Crippen molar-refractivity contribution < 1.29 is 14.9 Å². The van der Waals surface area contributed by atoms with E-state index < -0.39 is 17.0 Å². The summed E-state index contributed by atoms with van der Waals surface area (Å²) in [6.07, 6.45) is 0.953. The highest BCUT2D eigenvalue weighted by atomic mass is 16.7. The molecule has 0 bridgehead atoms. The molecular formula is C5H8N2O4. The van der Waals surface area contributed by atoms with Crippen LogP contribution in [0.1, 0.15) is 12.8 Å². The van der Waals surface area contributed by atoms with Gasteiger partial charge in [0.05, 0.1) is 6.54 Å². The Labute approximate surface area is 62.5 Å². The number of carboxylic acids is 1. The van der Waals surface area contributed by atoms with Crippen molar-refractivity contribution in [2.45, 2.75) is 18.9 Å². The molecular weight excluding hydrogens is 152 g/mol. The summed E-state index contributed by atoms with van der Waals surface area (Å²) in [4.78, 5) is 20.6. The topological polar surface area (TPSA) is 83.7 Å². The van der Waals surface area contributed by atoms with Gasteiger partial charge in [0.25, 0.3) is 0 Å². The Hall–Kier alpha value is -1.33. The van der Waals surface area contributed by atoms with Gasteiger partial charge in [-0.25, -0.2) is 14.9 Å². The first kappa shape index (κ1) is 7.77. The lowest BCUT2D eigenvalue weighted by Crippen LogP contribution is -2.39. The number of nitrogens with zero attached hydrogens (tertiary/aromatic N) is 2. The molecule has 1 aliphatic rings. The van der Waals surface area contributed by atoms with Crippen molar-refractivity contribution in [3.8, 4) is 0 Å². The molecule has 0 aromatic heterocycles. The molecule has 0 aliphatic carbocycles. The van der Waals surface area contributed by atoms with Gasteiger partial charge < -0.3 is 5.11 Å². The van der Waals surface area contributed by atoms with Gasteiger partial charge in [-0.05, 0) is 12.8 Å². The lowest BCUT2D eigenvalue weighted by atomic mass is 10.2. The maximum Gasteiger partial charge on any atom is 0.332 e. The van der Waals surface area contributed by atoms with Gasteiger partial charge in [0.15, 0.2) is 11.1 Å². The Morgan fingerprint density at radius 3 is 2.73 bits per heavy atom. The second kappa shape index (κ2) is 2.73. The first-order valence-corrected chi connectivity index (χ1v) is 3.26. The van der Waals surface area contributed by atoms with Crippen LogP contribution in [0.5, 0.6) is 0 Å². The Balaban J connectivity index is 2.65. The summed E-state index contributed by atoms with van der Waals surface area (Å²) in [6.45, 7) is 0.240. The molecule has 1 atom stereocenters. The molecule has 6 heteroatoms. The van der Waals surface area contributed by atoms with Gasteiger partial charge in [0.2, 0.25) is 0 Å². The van der Waals surface area contributed by atoms with E-state index in [1.165, 1.54) is 0 Å². The molecule has 0 saturated carbocycles. The number of aliphatic carboxylic acids is 1. The maximum absolute atomic E-state index is 10.4. The van der Waals surface area contributed by atoms with Crippen LogP contribution in [0.3, 0.4) is 0 Å². The summed E-state index contributed by atoms with van der Waals surface area (Å²) in [5, 5.41) is 18.8. The van der Waals surface area contributed by atoms with E-state index in [2.05, 4.69) is 0 Å². The normalized spacial score (nSPS) is 23.6. The summed E-state index contributed by atoms with van der Waals surface area (Å²) in [5.74, 6) is -1.11. The fourth-order valence-corrected chi connectivity index (χ4v) is 1.20. The van der Waals surface area contributed by atoms with Crippen LogP contribution < -0.4 is 0 Å². The largest absolute Gasteiger partial charge is 0.480 e. The van der Waals surface area contributed by atoms with Crippen molar-refractivity contribution in [1.82, 2.24) is 5.01 Å². The van der Waals surface area contributed by atoms with Crippen molar-refractivity contribution >= 4 is 5.97 Å². The van der Waals surface area contributed by atoms with Crippen LogP contribution in [-0.2, 0) is 4.79 Å². The van der Waals surface area contributed by atoms with Crippen molar-refractivity contribution in [3.05, 3.63) is 10.1 Å². The van der Waals surface area contributed by atoms with Crippen LogP contribution in [0, 0.1) is 10.1 Å². The summed E-state index contributed by atoms with van der Waals surface area (Å²) in [6, 6.07) is -0.926. The third-order valence-electron chi connectivity index (χ3n) is 1.72. The lowest BCUT2D eigenvalue weighted by Gasteiger charge is -2.11. The predicted octanol–water partition coefficient (Wildman–Crippen LogP) is -0.273. The molecule has 1 heterocycles. The maximum atomic E-state index is 10.4. The highest BCUT2D eigenvalue weighted by Crippen LogP contribution is 2.16. The molecule has 0 spiro atoms. The number of carboxylic acid groups (broad SMARTS) is 1. The minimum absolute atomic E-state index is 0.240. The predicted molar refractivity (Wildman–Crippen MR) is 34.4 cm³/mol. The van der Waals surface area contributed by atoms with Crippen molar-refractivity contribution in [2.24, 2.45) is 0 Å². The summed E-state index contributed by atoms with van der Waals surface area (Å²) >= 11 is 0. The molecule has 1 N–H and O–H groups in total. The second-order valence-electron chi connectivity index (χ2n) is 2.40. The second-order valence-corrected chi connectivity index (χ2v) is 2.40. The van der Waals surface area contributed by atoms with Gasteiger partial charge in [0.1, 0.15) is 0 Å². The smallest absolute Gasteiger partial charge is 0.332 e. The molecule has 6 nitrogen and oxygen atoms in total. The van der Waals surface area contributed by atoms with Crippen LogP contribution in [0.25, 0.3) is 0 Å². The van der Waals surface area contributed by atoms with Crippen molar-refractivity contribution in [2.75, 3.05) is 6.54 Å². The van der Waals surface area contributed by atoms with E-state index >= 15 is 0 Å². The van der Waals surface area contributed by atoms with Crippen LogP contribution in [-0.4, -0.2) is 33.7 Å². The molecule has 0 amide bonds. The third kappa shape index (κ3) is 1.39. The minimum Gasteiger partial charge on any atom is -0.480 e. The number of hydrazine groups is 1. The van der Waals surface area contributed by atoms with Gasteiger partial charge in [-0.1, -0.05) is 0 Å². The molecule has 62 valence electrons. The van der Waals surface area contributed by atoms with E-state index in [0.29, 0.717) is 12.8 Å². The highest BCUT2D eigenvalue weighted by Gasteiger charge is 2.37. The van der Waals surface area contributed by atoms with Gasteiger partial charge in [-0.3, -0.25) is 0 Å². The lowest BCUT2D eigenvalue weighted by molar-refractivity contribution is -0.656.